The molecule has 1 atom stereocenters. The largest absolute Gasteiger partial charge is 0.309 e. The molecule has 0 amide bonds. The van der Waals surface area contributed by atoms with E-state index in [0.29, 0.717) is 6.54 Å². The van der Waals surface area contributed by atoms with Crippen LogP contribution in [0.5, 0.6) is 0 Å². The molecule has 100 valence electrons. The molecule has 0 aromatic heterocycles. The smallest absolute Gasteiger partial charge is 0.269 e. The van der Waals surface area contributed by atoms with Crippen molar-refractivity contribution in [3.05, 3.63) is 39.9 Å². The van der Waals surface area contributed by atoms with Crippen LogP contribution in [0.4, 0.5) is 5.69 Å². The fourth-order valence-corrected chi connectivity index (χ4v) is 1.98. The zero-order valence-corrected chi connectivity index (χ0v) is 11.1. The molecule has 1 N–H and O–H groups in total. The number of rotatable bonds is 6. The minimum Gasteiger partial charge on any atom is -0.309 e. The van der Waals surface area contributed by atoms with E-state index in [-0.39, 0.29) is 17.5 Å². The van der Waals surface area contributed by atoms with E-state index in [1.54, 1.807) is 12.1 Å². The Morgan fingerprint density at radius 3 is 2.67 bits per heavy atom. The maximum atomic E-state index is 11.0. The summed E-state index contributed by atoms with van der Waals surface area (Å²) in [6.07, 6.45) is 1.17. The number of nitrogens with one attached hydrogen (secondary N) is 1. The summed E-state index contributed by atoms with van der Waals surface area (Å²) < 4.78 is 21.9. The van der Waals surface area contributed by atoms with Crippen LogP contribution in [0.1, 0.15) is 18.5 Å². The van der Waals surface area contributed by atoms with E-state index >= 15 is 0 Å². The number of nitro benzene ring substituents is 1. The summed E-state index contributed by atoms with van der Waals surface area (Å²) in [7, 11) is -2.99. The predicted octanol–water partition coefficient (Wildman–Crippen LogP) is 1.29. The van der Waals surface area contributed by atoms with Gasteiger partial charge in [-0.2, -0.15) is 0 Å². The van der Waals surface area contributed by atoms with Crippen molar-refractivity contribution in [1.29, 1.82) is 0 Å². The Hall–Kier alpha value is -1.47. The molecule has 1 unspecified atom stereocenters. The summed E-state index contributed by atoms with van der Waals surface area (Å²) in [5, 5.41) is 13.6. The van der Waals surface area contributed by atoms with Crippen LogP contribution in [0.25, 0.3) is 0 Å². The Morgan fingerprint density at radius 2 is 2.11 bits per heavy atom. The van der Waals surface area contributed by atoms with Crippen LogP contribution in [0.15, 0.2) is 24.3 Å². The summed E-state index contributed by atoms with van der Waals surface area (Å²) in [6.45, 7) is 2.16. The minimum atomic E-state index is -2.99. The first-order valence-corrected chi connectivity index (χ1v) is 7.51. The number of nitrogens with zero attached hydrogens (tertiary/aromatic N) is 1. The van der Waals surface area contributed by atoms with Gasteiger partial charge in [0.2, 0.25) is 0 Å². The molecule has 0 aliphatic carbocycles. The average Bonchev–Trinajstić information content (AvgIpc) is 2.27. The summed E-state index contributed by atoms with van der Waals surface area (Å²) in [5.41, 5.74) is 0.793. The molecule has 1 rings (SSSR count). The highest BCUT2D eigenvalue weighted by molar-refractivity contribution is 7.90. The third kappa shape index (κ3) is 4.80. The highest BCUT2D eigenvalue weighted by Gasteiger charge is 2.11. The van der Waals surface area contributed by atoms with Gasteiger partial charge in [0.1, 0.15) is 9.84 Å². The molecule has 0 saturated heterocycles. The van der Waals surface area contributed by atoms with E-state index in [9.17, 15) is 18.5 Å². The van der Waals surface area contributed by atoms with Crippen molar-refractivity contribution in [1.82, 2.24) is 5.32 Å². The minimum absolute atomic E-state index is 0.0317. The van der Waals surface area contributed by atoms with Crippen molar-refractivity contribution in [2.24, 2.45) is 0 Å². The van der Waals surface area contributed by atoms with Crippen LogP contribution in [0, 0.1) is 10.1 Å². The van der Waals surface area contributed by atoms with Gasteiger partial charge >= 0.3 is 0 Å². The number of non-ortho nitro benzene ring substituents is 1. The fraction of sp³-hybridized carbons (Fsp3) is 0.455. The second kappa shape index (κ2) is 5.92. The van der Waals surface area contributed by atoms with E-state index in [1.807, 2.05) is 6.92 Å². The van der Waals surface area contributed by atoms with Gasteiger partial charge in [0.15, 0.2) is 0 Å². The lowest BCUT2D eigenvalue weighted by Gasteiger charge is -2.13. The monoisotopic (exact) mass is 272 g/mol. The quantitative estimate of drug-likeness (QED) is 0.622. The highest BCUT2D eigenvalue weighted by atomic mass is 32.2. The second-order valence-electron chi connectivity index (χ2n) is 4.16. The molecule has 6 nitrogen and oxygen atoms in total. The summed E-state index contributed by atoms with van der Waals surface area (Å²) in [6, 6.07) is 6.16. The van der Waals surface area contributed by atoms with Crippen LogP contribution in [0.2, 0.25) is 0 Å². The van der Waals surface area contributed by atoms with Crippen LogP contribution < -0.4 is 5.32 Å². The Kier molecular flexibility index (Phi) is 4.80. The number of sulfone groups is 1. The normalized spacial score (nSPS) is 13.2. The first kappa shape index (κ1) is 14.6. The van der Waals surface area contributed by atoms with Crippen molar-refractivity contribution in [2.45, 2.75) is 13.0 Å². The molecular weight excluding hydrogens is 256 g/mol. The fourth-order valence-electron chi connectivity index (χ4n) is 1.49. The highest BCUT2D eigenvalue weighted by Crippen LogP contribution is 2.18. The molecule has 0 heterocycles. The van der Waals surface area contributed by atoms with Crippen LogP contribution in [-0.2, 0) is 9.84 Å². The molecule has 0 aliphatic rings. The molecule has 0 radical (unpaired) electrons. The van der Waals surface area contributed by atoms with Crippen LogP contribution in [0.3, 0.4) is 0 Å². The van der Waals surface area contributed by atoms with E-state index < -0.39 is 14.8 Å². The zero-order valence-electron chi connectivity index (χ0n) is 10.3. The van der Waals surface area contributed by atoms with Gasteiger partial charge in [-0.05, 0) is 12.5 Å². The van der Waals surface area contributed by atoms with Crippen LogP contribution >= 0.6 is 0 Å². The maximum Gasteiger partial charge on any atom is 0.269 e. The zero-order chi connectivity index (χ0) is 13.8. The van der Waals surface area contributed by atoms with Gasteiger partial charge < -0.3 is 5.32 Å². The summed E-state index contributed by atoms with van der Waals surface area (Å²) >= 11 is 0. The Balaban J connectivity index is 2.64. The number of benzene rings is 1. The lowest BCUT2D eigenvalue weighted by Crippen LogP contribution is -2.25. The SMILES string of the molecule is CC(NCCS(C)(=O)=O)c1cccc([N+](=O)[O-])c1. The van der Waals surface area contributed by atoms with E-state index in [0.717, 1.165) is 5.56 Å². The predicted molar refractivity (Wildman–Crippen MR) is 69.2 cm³/mol. The third-order valence-corrected chi connectivity index (χ3v) is 3.45. The molecule has 0 saturated carbocycles. The van der Waals surface area contributed by atoms with Crippen molar-refractivity contribution >= 4 is 15.5 Å². The van der Waals surface area contributed by atoms with Crippen molar-refractivity contribution < 1.29 is 13.3 Å². The van der Waals surface area contributed by atoms with Gasteiger partial charge in [0.25, 0.3) is 5.69 Å². The first-order chi connectivity index (χ1) is 8.29. The van der Waals surface area contributed by atoms with Crippen molar-refractivity contribution in [2.75, 3.05) is 18.6 Å². The molecule has 0 bridgehead atoms. The first-order valence-electron chi connectivity index (χ1n) is 5.45. The second-order valence-corrected chi connectivity index (χ2v) is 6.42. The van der Waals surface area contributed by atoms with Gasteiger partial charge in [-0.25, -0.2) is 8.42 Å². The molecule has 1 aromatic carbocycles. The molecule has 7 heteroatoms. The van der Waals surface area contributed by atoms with Crippen molar-refractivity contribution in [3.63, 3.8) is 0 Å². The average molecular weight is 272 g/mol. The Morgan fingerprint density at radius 1 is 1.44 bits per heavy atom. The topological polar surface area (TPSA) is 89.3 Å². The van der Waals surface area contributed by atoms with E-state index in [1.165, 1.54) is 18.4 Å². The standard InChI is InChI=1S/C11H16N2O4S/c1-9(12-6-7-18(2,16)17)10-4-3-5-11(8-10)13(14)15/h3-5,8-9,12H,6-7H2,1-2H3. The van der Waals surface area contributed by atoms with Gasteiger partial charge in [-0.15, -0.1) is 0 Å². The summed E-state index contributed by atoms with van der Waals surface area (Å²) in [4.78, 5) is 10.2. The molecular formula is C11H16N2O4S. The molecule has 0 spiro atoms. The third-order valence-electron chi connectivity index (χ3n) is 2.50. The van der Waals surface area contributed by atoms with Gasteiger partial charge in [0, 0.05) is 31.0 Å². The van der Waals surface area contributed by atoms with Gasteiger partial charge in [0.05, 0.1) is 10.7 Å². The van der Waals surface area contributed by atoms with Gasteiger partial charge in [-0.3, -0.25) is 10.1 Å². The Bertz CT molecular complexity index is 528. The number of nitro groups is 1. The van der Waals surface area contributed by atoms with E-state index in [2.05, 4.69) is 5.32 Å². The molecule has 0 fully saturated rings. The van der Waals surface area contributed by atoms with E-state index in [4.69, 9.17) is 0 Å². The maximum absolute atomic E-state index is 11.0. The lowest BCUT2D eigenvalue weighted by molar-refractivity contribution is -0.384. The number of hydrogen-bond donors (Lipinski definition) is 1. The van der Waals surface area contributed by atoms with Crippen molar-refractivity contribution in [3.8, 4) is 0 Å². The lowest BCUT2D eigenvalue weighted by atomic mass is 10.1. The van der Waals surface area contributed by atoms with Crippen LogP contribution in [-0.4, -0.2) is 31.9 Å². The molecule has 18 heavy (non-hydrogen) atoms. The van der Waals surface area contributed by atoms with Gasteiger partial charge in [-0.1, -0.05) is 12.1 Å². The molecule has 1 aromatic rings. The molecule has 0 aliphatic heterocycles. The Labute approximate surface area is 106 Å². The summed E-state index contributed by atoms with van der Waals surface area (Å²) in [5.74, 6) is 0.0479. The number of hydrogen-bond acceptors (Lipinski definition) is 5.